The Morgan fingerprint density at radius 1 is 0.823 bits per heavy atom. The van der Waals surface area contributed by atoms with E-state index < -0.39 is 24.3 Å². The zero-order valence-electron chi connectivity index (χ0n) is 36.6. The second kappa shape index (κ2) is 21.1. The maximum absolute atomic E-state index is 13.9. The van der Waals surface area contributed by atoms with Crippen molar-refractivity contribution in [3.05, 3.63) is 104 Å². The number of hydrogen-bond donors (Lipinski definition) is 4. The lowest BCUT2D eigenvalue weighted by Crippen LogP contribution is -2.52. The van der Waals surface area contributed by atoms with E-state index >= 15 is 0 Å². The third-order valence-electron chi connectivity index (χ3n) is 10.7. The Bertz CT molecular complexity index is 2240. The zero-order chi connectivity index (χ0) is 45.1. The van der Waals surface area contributed by atoms with Gasteiger partial charge in [-0.3, -0.25) is 9.59 Å². The normalized spacial score (nSPS) is 13.0. The van der Waals surface area contributed by atoms with Crippen LogP contribution in [0.25, 0.3) is 33.6 Å². The molecule has 4 amide bonds. The molecule has 0 spiro atoms. The Kier molecular flexibility index (Phi) is 15.7. The molecule has 0 aliphatic carbocycles. The van der Waals surface area contributed by atoms with E-state index in [0.717, 1.165) is 39.3 Å². The van der Waals surface area contributed by atoms with Crippen LogP contribution in [0.5, 0.6) is 5.75 Å². The summed E-state index contributed by atoms with van der Waals surface area (Å²) in [6, 6.07) is 12.4. The summed E-state index contributed by atoms with van der Waals surface area (Å²) in [5.74, 6) is 0.953. The number of imidazole rings is 2. The number of nitrogens with one attached hydrogen (secondary N) is 4. The number of aromatic nitrogens is 4. The minimum atomic E-state index is -0.846. The summed E-state index contributed by atoms with van der Waals surface area (Å²) in [6.45, 7) is 20.3. The van der Waals surface area contributed by atoms with Gasteiger partial charge in [0.05, 0.1) is 69.4 Å². The van der Waals surface area contributed by atoms with E-state index in [2.05, 4.69) is 45.3 Å². The molecule has 330 valence electrons. The standard InChI is InChI=1S/C46H58N8O8/c1-11-13-20-53(43(55)40(27(3)4)51-45(57)60-9)25-39-49-36-26-62-37-21-33(18-19-34(37)42(36)50-39)31-14-16-32(17-15-31)35-22-47-38(48-35)24-54(23-30(12-2)29(7)59-8)44(56)41(28(5)6)52-46(58)61-10/h11-12,14-19,21-22,27-28,30,40-41H,1-2,7,13,20,23-26H2,3-6,8-10H3,(H,47,48)(H,49,50)(H,51,57)(H,52,58)/t30-,40-,41-/m0/s1. The first-order valence-corrected chi connectivity index (χ1v) is 20.4. The minimum Gasteiger partial charge on any atom is -0.501 e. The molecule has 4 N–H and O–H groups in total. The summed E-state index contributed by atoms with van der Waals surface area (Å²) in [5.41, 5.74) is 5.95. The quantitative estimate of drug-likeness (QED) is 0.0533. The van der Waals surface area contributed by atoms with Gasteiger partial charge in [-0.1, -0.05) is 76.8 Å². The number of hydrogen-bond acceptors (Lipinski definition) is 10. The molecule has 0 bridgehead atoms. The van der Waals surface area contributed by atoms with Gasteiger partial charge in [-0.25, -0.2) is 19.6 Å². The van der Waals surface area contributed by atoms with Crippen LogP contribution in [0.3, 0.4) is 0 Å². The maximum Gasteiger partial charge on any atom is 0.407 e. The zero-order valence-corrected chi connectivity index (χ0v) is 36.6. The van der Waals surface area contributed by atoms with Gasteiger partial charge in [0.15, 0.2) is 0 Å². The minimum absolute atomic E-state index is 0.122. The Morgan fingerprint density at radius 3 is 2.00 bits per heavy atom. The predicted molar refractivity (Wildman–Crippen MR) is 235 cm³/mol. The number of fused-ring (bicyclic) bond motifs is 3. The highest BCUT2D eigenvalue weighted by molar-refractivity contribution is 5.87. The highest BCUT2D eigenvalue weighted by Gasteiger charge is 2.33. The number of nitrogens with zero attached hydrogens (tertiary/aromatic N) is 4. The lowest BCUT2D eigenvalue weighted by atomic mass is 9.99. The van der Waals surface area contributed by atoms with Gasteiger partial charge in [0.2, 0.25) is 11.8 Å². The first kappa shape index (κ1) is 46.2. The van der Waals surface area contributed by atoms with Crippen LogP contribution in [0.1, 0.15) is 51.5 Å². The van der Waals surface area contributed by atoms with E-state index in [1.807, 2.05) is 70.2 Å². The summed E-state index contributed by atoms with van der Waals surface area (Å²) in [7, 11) is 4.03. The van der Waals surface area contributed by atoms with Crippen molar-refractivity contribution in [2.75, 3.05) is 34.4 Å². The fourth-order valence-electron chi connectivity index (χ4n) is 7.06. The SMILES string of the molecule is C=CCCN(Cc1nc2c([nH]1)COc1cc(-c3ccc(-c4cnc(CN(C[C@H](C=C)C(=C)OC)C(=O)[C@@H](NC(=O)OC)C(C)C)[nH]4)cc3)ccc1-2)C(=O)[C@@H](NC(=O)OC)C(C)C. The van der Waals surface area contributed by atoms with E-state index in [0.29, 0.717) is 36.1 Å². The Labute approximate surface area is 362 Å². The van der Waals surface area contributed by atoms with E-state index in [1.165, 1.54) is 21.3 Å². The van der Waals surface area contributed by atoms with Gasteiger partial charge >= 0.3 is 12.2 Å². The van der Waals surface area contributed by atoms with Gasteiger partial charge in [0.1, 0.15) is 36.1 Å². The number of carbonyl (C=O) groups excluding carboxylic acids is 4. The van der Waals surface area contributed by atoms with E-state index in [4.69, 9.17) is 23.9 Å². The molecule has 16 nitrogen and oxygen atoms in total. The Morgan fingerprint density at radius 2 is 1.42 bits per heavy atom. The lowest BCUT2D eigenvalue weighted by molar-refractivity contribution is -0.136. The molecule has 0 unspecified atom stereocenters. The smallest absolute Gasteiger partial charge is 0.407 e. The van der Waals surface area contributed by atoms with Crippen molar-refractivity contribution in [1.82, 2.24) is 40.4 Å². The first-order chi connectivity index (χ1) is 29.7. The van der Waals surface area contributed by atoms with E-state index in [9.17, 15) is 19.2 Å². The molecule has 2 aromatic heterocycles. The van der Waals surface area contributed by atoms with Crippen LogP contribution in [0, 0.1) is 17.8 Å². The predicted octanol–water partition coefficient (Wildman–Crippen LogP) is 6.98. The molecular formula is C46H58N8O8. The molecule has 1 aliphatic heterocycles. The fraction of sp³-hybridized carbons (Fsp3) is 0.391. The number of aromatic amines is 2. The third-order valence-corrected chi connectivity index (χ3v) is 10.7. The topological polar surface area (TPSA) is 193 Å². The number of carbonyl (C=O) groups is 4. The highest BCUT2D eigenvalue weighted by atomic mass is 16.5. The number of rotatable bonds is 20. The molecular weight excluding hydrogens is 793 g/mol. The fourth-order valence-corrected chi connectivity index (χ4v) is 7.06. The second-order valence-electron chi connectivity index (χ2n) is 15.6. The molecule has 0 fully saturated rings. The first-order valence-electron chi connectivity index (χ1n) is 20.4. The summed E-state index contributed by atoms with van der Waals surface area (Å²) in [4.78, 5) is 71.3. The van der Waals surface area contributed by atoms with Crippen LogP contribution < -0.4 is 15.4 Å². The molecule has 0 saturated heterocycles. The van der Waals surface area contributed by atoms with Gasteiger partial charge in [-0.05, 0) is 47.1 Å². The van der Waals surface area contributed by atoms with Crippen LogP contribution in [0.15, 0.2) is 86.3 Å². The average molecular weight is 851 g/mol. The highest BCUT2D eigenvalue weighted by Crippen LogP contribution is 2.39. The summed E-state index contributed by atoms with van der Waals surface area (Å²) in [5, 5.41) is 5.33. The van der Waals surface area contributed by atoms with E-state index in [-0.39, 0.29) is 55.8 Å². The second-order valence-corrected chi connectivity index (χ2v) is 15.6. The summed E-state index contributed by atoms with van der Waals surface area (Å²) >= 11 is 0. The largest absolute Gasteiger partial charge is 0.501 e. The third kappa shape index (κ3) is 11.1. The van der Waals surface area contributed by atoms with Gasteiger partial charge < -0.3 is 49.3 Å². The van der Waals surface area contributed by atoms with Crippen molar-refractivity contribution >= 4 is 24.0 Å². The van der Waals surface area contributed by atoms with Crippen molar-refractivity contribution in [3.8, 4) is 39.4 Å². The molecule has 4 aromatic rings. The maximum atomic E-state index is 13.9. The summed E-state index contributed by atoms with van der Waals surface area (Å²) in [6.07, 6.45) is 4.33. The molecule has 0 radical (unpaired) electrons. The Hall–Kier alpha value is -6.84. The van der Waals surface area contributed by atoms with Crippen LogP contribution >= 0.6 is 0 Å². The molecule has 3 atom stereocenters. The Balaban J connectivity index is 1.32. The average Bonchev–Trinajstić information content (AvgIpc) is 3.93. The molecule has 0 saturated carbocycles. The van der Waals surface area contributed by atoms with Crippen LogP contribution in [0.4, 0.5) is 9.59 Å². The van der Waals surface area contributed by atoms with Crippen molar-refractivity contribution in [2.45, 2.75) is 65.9 Å². The van der Waals surface area contributed by atoms with Crippen molar-refractivity contribution in [2.24, 2.45) is 17.8 Å². The van der Waals surface area contributed by atoms with Crippen molar-refractivity contribution < 1.29 is 38.1 Å². The number of amides is 4. The van der Waals surface area contributed by atoms with Crippen LogP contribution in [-0.2, 0) is 43.5 Å². The van der Waals surface area contributed by atoms with E-state index in [1.54, 1.807) is 28.1 Å². The molecule has 1 aliphatic rings. The number of alkyl carbamates (subject to hydrolysis) is 2. The molecule has 2 aromatic carbocycles. The van der Waals surface area contributed by atoms with Gasteiger partial charge in [0, 0.05) is 18.7 Å². The van der Waals surface area contributed by atoms with Gasteiger partial charge in [-0.15, -0.1) is 13.2 Å². The monoisotopic (exact) mass is 850 g/mol. The van der Waals surface area contributed by atoms with Crippen LogP contribution in [0.2, 0.25) is 0 Å². The van der Waals surface area contributed by atoms with Crippen molar-refractivity contribution in [3.63, 3.8) is 0 Å². The lowest BCUT2D eigenvalue weighted by Gasteiger charge is -2.31. The number of methoxy groups -OCH3 is 3. The molecule has 5 rings (SSSR count). The van der Waals surface area contributed by atoms with Gasteiger partial charge in [0.25, 0.3) is 0 Å². The number of H-pyrrole nitrogens is 2. The van der Waals surface area contributed by atoms with Crippen molar-refractivity contribution in [1.29, 1.82) is 0 Å². The summed E-state index contributed by atoms with van der Waals surface area (Å²) < 4.78 is 21.1. The number of ether oxygens (including phenoxy) is 4. The van der Waals surface area contributed by atoms with Crippen LogP contribution in [-0.4, -0.2) is 100 Å². The molecule has 3 heterocycles. The molecule has 16 heteroatoms. The molecule has 62 heavy (non-hydrogen) atoms. The van der Waals surface area contributed by atoms with Gasteiger partial charge in [-0.2, -0.15) is 0 Å². The number of benzene rings is 2.